The molecule has 0 unspecified atom stereocenters. The van der Waals surface area contributed by atoms with Gasteiger partial charge >= 0.3 is 6.18 Å². The van der Waals surface area contributed by atoms with E-state index < -0.39 is 28.4 Å². The Morgan fingerprint density at radius 3 is 2.44 bits per heavy atom. The van der Waals surface area contributed by atoms with Crippen LogP contribution in [0.3, 0.4) is 0 Å². The van der Waals surface area contributed by atoms with Crippen LogP contribution in [-0.2, 0) is 10.0 Å². The second-order valence-corrected chi connectivity index (χ2v) is 7.30. The standard InChI is InChI=1S/C16H14F3N3O2S/c17-16(18,19)8-10-25(23,24)21-13-6-4-12(5-7-13)14-11-22-9-2-1-3-15(22)20-14/h1-7,9,11,21H,8,10H2. The van der Waals surface area contributed by atoms with E-state index in [4.69, 9.17) is 0 Å². The van der Waals surface area contributed by atoms with Gasteiger partial charge in [0.1, 0.15) is 5.65 Å². The lowest BCUT2D eigenvalue weighted by Crippen LogP contribution is -2.21. The lowest BCUT2D eigenvalue weighted by Gasteiger charge is -2.10. The smallest absolute Gasteiger partial charge is 0.306 e. The van der Waals surface area contributed by atoms with Crippen LogP contribution in [0.5, 0.6) is 0 Å². The Morgan fingerprint density at radius 1 is 1.08 bits per heavy atom. The van der Waals surface area contributed by atoms with Crippen molar-refractivity contribution in [3.05, 3.63) is 54.9 Å². The van der Waals surface area contributed by atoms with Gasteiger partial charge in [0.15, 0.2) is 0 Å². The van der Waals surface area contributed by atoms with Crippen LogP contribution in [0.15, 0.2) is 54.9 Å². The molecule has 2 heterocycles. The minimum atomic E-state index is -4.51. The van der Waals surface area contributed by atoms with Gasteiger partial charge in [0.2, 0.25) is 10.0 Å². The number of fused-ring (bicyclic) bond motifs is 1. The maximum atomic E-state index is 12.2. The predicted molar refractivity (Wildman–Crippen MR) is 88.7 cm³/mol. The Hall–Kier alpha value is -2.55. The first-order valence-electron chi connectivity index (χ1n) is 7.33. The van der Waals surface area contributed by atoms with Gasteiger partial charge < -0.3 is 4.40 Å². The van der Waals surface area contributed by atoms with Crippen LogP contribution in [0.2, 0.25) is 0 Å². The highest BCUT2D eigenvalue weighted by Crippen LogP contribution is 2.23. The summed E-state index contributed by atoms with van der Waals surface area (Å²) in [5.41, 5.74) is 2.45. The molecule has 0 atom stereocenters. The predicted octanol–water partition coefficient (Wildman–Crippen LogP) is 3.70. The SMILES string of the molecule is O=S(=O)(CCC(F)(F)F)Nc1ccc(-c2cn3ccccc3n2)cc1. The van der Waals surface area contributed by atoms with Crippen LogP contribution in [0.4, 0.5) is 18.9 Å². The summed E-state index contributed by atoms with van der Waals surface area (Å²) in [5.74, 6) is -1.01. The van der Waals surface area contributed by atoms with E-state index in [1.54, 1.807) is 12.1 Å². The fourth-order valence-electron chi connectivity index (χ4n) is 2.26. The summed E-state index contributed by atoms with van der Waals surface area (Å²) in [6.07, 6.45) is -2.21. The quantitative estimate of drug-likeness (QED) is 0.746. The molecule has 0 amide bonds. The highest BCUT2D eigenvalue weighted by Gasteiger charge is 2.29. The van der Waals surface area contributed by atoms with E-state index in [1.807, 2.05) is 35.0 Å². The summed E-state index contributed by atoms with van der Waals surface area (Å²) in [4.78, 5) is 4.44. The van der Waals surface area contributed by atoms with Crippen LogP contribution in [0.1, 0.15) is 6.42 Å². The number of benzene rings is 1. The molecule has 0 saturated heterocycles. The molecule has 3 aromatic rings. The average molecular weight is 369 g/mol. The van der Waals surface area contributed by atoms with Crippen molar-refractivity contribution in [2.45, 2.75) is 12.6 Å². The number of imidazole rings is 1. The lowest BCUT2D eigenvalue weighted by atomic mass is 10.1. The number of pyridine rings is 1. The molecule has 0 radical (unpaired) electrons. The molecule has 3 rings (SSSR count). The van der Waals surface area contributed by atoms with Crippen molar-refractivity contribution in [1.82, 2.24) is 9.38 Å². The zero-order valence-corrected chi connectivity index (χ0v) is 13.7. The number of hydrogen-bond donors (Lipinski definition) is 1. The number of hydrogen-bond acceptors (Lipinski definition) is 3. The number of rotatable bonds is 5. The van der Waals surface area contributed by atoms with Gasteiger partial charge in [-0.05, 0) is 24.3 Å². The molecule has 0 spiro atoms. The molecule has 1 N–H and O–H groups in total. The van der Waals surface area contributed by atoms with Crippen molar-refractivity contribution in [2.24, 2.45) is 0 Å². The van der Waals surface area contributed by atoms with Crippen molar-refractivity contribution in [2.75, 3.05) is 10.5 Å². The van der Waals surface area contributed by atoms with Gasteiger partial charge in [0, 0.05) is 23.6 Å². The zero-order valence-electron chi connectivity index (χ0n) is 12.9. The molecule has 5 nitrogen and oxygen atoms in total. The third kappa shape index (κ3) is 4.50. The molecule has 25 heavy (non-hydrogen) atoms. The summed E-state index contributed by atoms with van der Waals surface area (Å²) in [6.45, 7) is 0. The summed E-state index contributed by atoms with van der Waals surface area (Å²) in [7, 11) is -4.06. The summed E-state index contributed by atoms with van der Waals surface area (Å²) < 4.78 is 63.8. The Morgan fingerprint density at radius 2 is 1.80 bits per heavy atom. The van der Waals surface area contributed by atoms with Gasteiger partial charge in [-0.3, -0.25) is 4.72 Å². The van der Waals surface area contributed by atoms with Crippen molar-refractivity contribution < 1.29 is 21.6 Å². The Labute approximate surface area is 142 Å². The lowest BCUT2D eigenvalue weighted by molar-refractivity contribution is -0.129. The van der Waals surface area contributed by atoms with Crippen molar-refractivity contribution in [1.29, 1.82) is 0 Å². The molecule has 0 aliphatic rings. The maximum absolute atomic E-state index is 12.2. The van der Waals surface area contributed by atoms with Gasteiger partial charge in [0.25, 0.3) is 0 Å². The van der Waals surface area contributed by atoms with Crippen molar-refractivity contribution in [3.63, 3.8) is 0 Å². The molecule has 0 aliphatic carbocycles. The molecule has 0 bridgehead atoms. The van der Waals surface area contributed by atoms with Gasteiger partial charge in [-0.2, -0.15) is 13.2 Å². The summed E-state index contributed by atoms with van der Waals surface area (Å²) >= 11 is 0. The van der Waals surface area contributed by atoms with E-state index in [-0.39, 0.29) is 5.69 Å². The Balaban J connectivity index is 1.74. The largest absolute Gasteiger partial charge is 0.390 e. The number of nitrogens with zero attached hydrogens (tertiary/aromatic N) is 2. The van der Waals surface area contributed by atoms with Crippen LogP contribution in [0.25, 0.3) is 16.9 Å². The van der Waals surface area contributed by atoms with Crippen LogP contribution >= 0.6 is 0 Å². The summed E-state index contributed by atoms with van der Waals surface area (Å²) in [6, 6.07) is 11.9. The maximum Gasteiger partial charge on any atom is 0.390 e. The third-order valence-electron chi connectivity index (χ3n) is 3.47. The molecule has 132 valence electrons. The van der Waals surface area contributed by atoms with Gasteiger partial charge in [-0.15, -0.1) is 0 Å². The number of sulfonamides is 1. The average Bonchev–Trinajstić information content (AvgIpc) is 2.97. The van der Waals surface area contributed by atoms with Crippen LogP contribution in [0, 0.1) is 0 Å². The van der Waals surface area contributed by atoms with E-state index in [9.17, 15) is 21.6 Å². The third-order valence-corrected chi connectivity index (χ3v) is 4.76. The van der Waals surface area contributed by atoms with Crippen molar-refractivity contribution >= 4 is 21.4 Å². The van der Waals surface area contributed by atoms with E-state index in [2.05, 4.69) is 9.71 Å². The molecular formula is C16H14F3N3O2S. The van der Waals surface area contributed by atoms with E-state index in [1.165, 1.54) is 12.1 Å². The van der Waals surface area contributed by atoms with Gasteiger partial charge in [0.05, 0.1) is 17.9 Å². The van der Waals surface area contributed by atoms with Crippen molar-refractivity contribution in [3.8, 4) is 11.3 Å². The molecule has 0 aliphatic heterocycles. The zero-order chi connectivity index (χ0) is 18.1. The molecule has 2 aromatic heterocycles. The molecular weight excluding hydrogens is 355 g/mol. The minimum Gasteiger partial charge on any atom is -0.306 e. The van der Waals surface area contributed by atoms with Gasteiger partial charge in [-0.25, -0.2) is 13.4 Å². The van der Waals surface area contributed by atoms with E-state index >= 15 is 0 Å². The number of alkyl halides is 3. The Bertz CT molecular complexity index is 947. The monoisotopic (exact) mass is 369 g/mol. The summed E-state index contributed by atoms with van der Waals surface area (Å²) in [5, 5.41) is 0. The highest BCUT2D eigenvalue weighted by molar-refractivity contribution is 7.92. The topological polar surface area (TPSA) is 63.5 Å². The number of aromatic nitrogens is 2. The number of halogens is 3. The van der Waals surface area contributed by atoms with E-state index in [0.717, 1.165) is 11.2 Å². The first-order valence-corrected chi connectivity index (χ1v) is 8.98. The first kappa shape index (κ1) is 17.3. The van der Waals surface area contributed by atoms with Gasteiger partial charge in [-0.1, -0.05) is 18.2 Å². The highest BCUT2D eigenvalue weighted by atomic mass is 32.2. The molecule has 0 saturated carbocycles. The fourth-order valence-corrected chi connectivity index (χ4v) is 3.36. The molecule has 0 fully saturated rings. The van der Waals surface area contributed by atoms with Crippen LogP contribution < -0.4 is 4.72 Å². The normalized spacial score (nSPS) is 12.4. The molecule has 1 aromatic carbocycles. The first-order chi connectivity index (χ1) is 11.7. The van der Waals surface area contributed by atoms with Crippen LogP contribution in [-0.4, -0.2) is 29.7 Å². The molecule has 9 heteroatoms. The minimum absolute atomic E-state index is 0.203. The second kappa shape index (κ2) is 6.40. The second-order valence-electron chi connectivity index (χ2n) is 5.46. The fraction of sp³-hybridized carbons (Fsp3) is 0.188. The van der Waals surface area contributed by atoms with E-state index in [0.29, 0.717) is 5.69 Å². The Kier molecular flexibility index (Phi) is 4.42. The number of anilines is 1. The number of nitrogens with one attached hydrogen (secondary N) is 1.